The molecule has 7 nitrogen and oxygen atoms in total. The minimum atomic E-state index is -1.55. The molecule has 1 heterocycles. The average molecular weight is 350 g/mol. The Hall–Kier alpha value is -3.74. The number of ketones is 1. The normalized spacial score (nSPS) is 10.5. The number of carbonyl (C=O) groups excluding carboxylic acids is 1. The summed E-state index contributed by atoms with van der Waals surface area (Å²) in [6.07, 6.45) is 0. The third-order valence-electron chi connectivity index (χ3n) is 3.87. The Morgan fingerprint density at radius 1 is 0.962 bits per heavy atom. The van der Waals surface area contributed by atoms with Gasteiger partial charge >= 0.3 is 11.7 Å². The Morgan fingerprint density at radius 3 is 2.15 bits per heavy atom. The van der Waals surface area contributed by atoms with Crippen LogP contribution in [0, 0.1) is 6.92 Å². The van der Waals surface area contributed by atoms with Gasteiger partial charge in [0.15, 0.2) is 5.69 Å². The maximum atomic E-state index is 12.7. The van der Waals surface area contributed by atoms with E-state index in [1.165, 1.54) is 24.3 Å². The van der Waals surface area contributed by atoms with E-state index in [0.29, 0.717) is 0 Å². The van der Waals surface area contributed by atoms with Crippen molar-refractivity contribution in [3.05, 3.63) is 97.8 Å². The summed E-state index contributed by atoms with van der Waals surface area (Å²) in [4.78, 5) is 51.2. The molecule has 3 rings (SSSR count). The van der Waals surface area contributed by atoms with Crippen molar-refractivity contribution in [2.45, 2.75) is 6.92 Å². The quantitative estimate of drug-likeness (QED) is 0.697. The number of nitrogens with one attached hydrogen (secondary N) is 1. The minimum Gasteiger partial charge on any atom is -0.477 e. The fourth-order valence-corrected chi connectivity index (χ4v) is 2.62. The number of hydrogen-bond donors (Lipinski definition) is 2. The van der Waals surface area contributed by atoms with Crippen LogP contribution in [0.25, 0.3) is 5.69 Å². The van der Waals surface area contributed by atoms with E-state index < -0.39 is 34.3 Å². The zero-order valence-electron chi connectivity index (χ0n) is 13.7. The van der Waals surface area contributed by atoms with Crippen LogP contribution in [0.15, 0.2) is 64.2 Å². The second-order valence-electron chi connectivity index (χ2n) is 5.65. The van der Waals surface area contributed by atoms with Gasteiger partial charge in [-0.25, -0.2) is 9.59 Å². The van der Waals surface area contributed by atoms with E-state index in [4.69, 9.17) is 0 Å². The van der Waals surface area contributed by atoms with Crippen molar-refractivity contribution in [2.24, 2.45) is 0 Å². The van der Waals surface area contributed by atoms with E-state index in [0.717, 1.165) is 10.1 Å². The molecule has 0 spiro atoms. The molecule has 0 aliphatic carbocycles. The molecule has 0 saturated heterocycles. The second kappa shape index (κ2) is 6.64. The standard InChI is InChI=1S/C19H14N2O5/c1-11-7-9-13(10-8-11)21-15(18(24)25)14(17(23)20-19(21)26)16(22)12-5-3-2-4-6-12/h2-10H,1H3,(H,24,25)(H,20,23,26). The second-order valence-corrected chi connectivity index (χ2v) is 5.65. The Bertz CT molecular complexity index is 1110. The Balaban J connectivity index is 2.36. The van der Waals surface area contributed by atoms with Gasteiger partial charge in [0.25, 0.3) is 5.56 Å². The van der Waals surface area contributed by atoms with Gasteiger partial charge in [0.2, 0.25) is 5.78 Å². The van der Waals surface area contributed by atoms with Crippen LogP contribution >= 0.6 is 0 Å². The fraction of sp³-hybridized carbons (Fsp3) is 0.0526. The van der Waals surface area contributed by atoms with E-state index in [9.17, 15) is 24.3 Å². The number of aromatic nitrogens is 2. The molecule has 0 fully saturated rings. The van der Waals surface area contributed by atoms with Crippen LogP contribution < -0.4 is 11.2 Å². The van der Waals surface area contributed by atoms with E-state index >= 15 is 0 Å². The Labute approximate surface area is 147 Å². The molecule has 2 N–H and O–H groups in total. The molecule has 130 valence electrons. The van der Waals surface area contributed by atoms with Gasteiger partial charge in [-0.1, -0.05) is 48.0 Å². The van der Waals surface area contributed by atoms with E-state index in [-0.39, 0.29) is 11.3 Å². The molecular formula is C19H14N2O5. The number of rotatable bonds is 4. The number of aromatic carboxylic acids is 1. The van der Waals surface area contributed by atoms with Gasteiger partial charge in [-0.2, -0.15) is 0 Å². The first-order valence-corrected chi connectivity index (χ1v) is 7.69. The van der Waals surface area contributed by atoms with Crippen molar-refractivity contribution in [1.82, 2.24) is 9.55 Å². The summed E-state index contributed by atoms with van der Waals surface area (Å²) in [5, 5.41) is 9.64. The van der Waals surface area contributed by atoms with Crippen LogP contribution in [0.4, 0.5) is 0 Å². The lowest BCUT2D eigenvalue weighted by molar-refractivity contribution is 0.0681. The summed E-state index contributed by atoms with van der Waals surface area (Å²) in [6, 6.07) is 14.3. The van der Waals surface area contributed by atoms with E-state index in [2.05, 4.69) is 0 Å². The van der Waals surface area contributed by atoms with Crippen molar-refractivity contribution in [1.29, 1.82) is 0 Å². The van der Waals surface area contributed by atoms with Crippen molar-refractivity contribution in [3.8, 4) is 5.69 Å². The number of hydrogen-bond acceptors (Lipinski definition) is 4. The largest absolute Gasteiger partial charge is 0.477 e. The van der Waals surface area contributed by atoms with Gasteiger partial charge < -0.3 is 5.11 Å². The van der Waals surface area contributed by atoms with Crippen molar-refractivity contribution < 1.29 is 14.7 Å². The monoisotopic (exact) mass is 350 g/mol. The Kier molecular flexibility index (Phi) is 4.36. The fourth-order valence-electron chi connectivity index (χ4n) is 2.62. The number of carboxylic acids is 1. The molecule has 7 heteroatoms. The van der Waals surface area contributed by atoms with Gasteiger partial charge in [0.1, 0.15) is 5.56 Å². The third-order valence-corrected chi connectivity index (χ3v) is 3.87. The summed E-state index contributed by atoms with van der Waals surface area (Å²) in [6.45, 7) is 1.84. The van der Waals surface area contributed by atoms with Crippen LogP contribution in [0.2, 0.25) is 0 Å². The number of aryl methyl sites for hydroxylation is 1. The van der Waals surface area contributed by atoms with Crippen LogP contribution in [0.3, 0.4) is 0 Å². The summed E-state index contributed by atoms with van der Waals surface area (Å²) in [5.41, 5.74) is -1.94. The van der Waals surface area contributed by atoms with Crippen LogP contribution in [-0.4, -0.2) is 26.4 Å². The SMILES string of the molecule is Cc1ccc(-n2c(C(=O)O)c(C(=O)c3ccccc3)c(=O)[nH]c2=O)cc1. The number of carboxylic acid groups (broad SMARTS) is 1. The smallest absolute Gasteiger partial charge is 0.354 e. The molecule has 0 bridgehead atoms. The molecule has 0 amide bonds. The predicted molar refractivity (Wildman–Crippen MR) is 94.2 cm³/mol. The summed E-state index contributed by atoms with van der Waals surface area (Å²) >= 11 is 0. The first-order valence-electron chi connectivity index (χ1n) is 7.69. The lowest BCUT2D eigenvalue weighted by Gasteiger charge is -2.13. The van der Waals surface area contributed by atoms with Gasteiger partial charge in [-0.3, -0.25) is 19.1 Å². The average Bonchev–Trinajstić information content (AvgIpc) is 2.62. The maximum absolute atomic E-state index is 12.7. The van der Waals surface area contributed by atoms with Crippen molar-refractivity contribution >= 4 is 11.8 Å². The molecule has 0 unspecified atom stereocenters. The van der Waals surface area contributed by atoms with Gasteiger partial charge in [-0.15, -0.1) is 0 Å². The highest BCUT2D eigenvalue weighted by atomic mass is 16.4. The summed E-state index contributed by atoms with van der Waals surface area (Å²) < 4.78 is 0.819. The zero-order chi connectivity index (χ0) is 18.8. The highest BCUT2D eigenvalue weighted by Gasteiger charge is 2.27. The predicted octanol–water partition coefficient (Wildman–Crippen LogP) is 1.76. The van der Waals surface area contributed by atoms with Crippen molar-refractivity contribution in [3.63, 3.8) is 0 Å². The minimum absolute atomic E-state index is 0.148. The molecule has 0 aliphatic rings. The number of H-pyrrole nitrogens is 1. The molecule has 0 atom stereocenters. The highest BCUT2D eigenvalue weighted by molar-refractivity contribution is 6.13. The van der Waals surface area contributed by atoms with Crippen LogP contribution in [-0.2, 0) is 0 Å². The Morgan fingerprint density at radius 2 is 1.58 bits per heavy atom. The lowest BCUT2D eigenvalue weighted by Crippen LogP contribution is -2.38. The van der Waals surface area contributed by atoms with E-state index in [1.54, 1.807) is 30.3 Å². The van der Waals surface area contributed by atoms with Crippen LogP contribution in [0.1, 0.15) is 32.0 Å². The lowest BCUT2D eigenvalue weighted by atomic mass is 10.0. The summed E-state index contributed by atoms with van der Waals surface area (Å²) in [5.74, 6) is -2.32. The molecule has 0 radical (unpaired) electrons. The van der Waals surface area contributed by atoms with Gasteiger partial charge in [0, 0.05) is 5.56 Å². The number of nitrogens with zero attached hydrogens (tertiary/aromatic N) is 1. The number of carbonyl (C=O) groups is 2. The summed E-state index contributed by atoms with van der Waals surface area (Å²) in [7, 11) is 0. The molecule has 26 heavy (non-hydrogen) atoms. The zero-order valence-corrected chi connectivity index (χ0v) is 13.7. The number of benzene rings is 2. The highest BCUT2D eigenvalue weighted by Crippen LogP contribution is 2.15. The van der Waals surface area contributed by atoms with Gasteiger partial charge in [-0.05, 0) is 19.1 Å². The first kappa shape index (κ1) is 17.1. The maximum Gasteiger partial charge on any atom is 0.354 e. The van der Waals surface area contributed by atoms with Gasteiger partial charge in [0.05, 0.1) is 5.69 Å². The molecule has 3 aromatic rings. The van der Waals surface area contributed by atoms with E-state index in [1.807, 2.05) is 11.9 Å². The molecule has 0 aliphatic heterocycles. The molecule has 2 aromatic carbocycles. The first-order chi connectivity index (χ1) is 12.4. The molecule has 0 saturated carbocycles. The van der Waals surface area contributed by atoms with Crippen LogP contribution in [0.5, 0.6) is 0 Å². The molecule has 1 aromatic heterocycles. The third kappa shape index (κ3) is 2.98. The van der Waals surface area contributed by atoms with Crippen molar-refractivity contribution in [2.75, 3.05) is 0 Å². The number of aromatic amines is 1. The topological polar surface area (TPSA) is 109 Å². The molecular weight excluding hydrogens is 336 g/mol.